The molecule has 108 valence electrons. The highest BCUT2D eigenvalue weighted by atomic mass is 16.5. The minimum Gasteiger partial charge on any atom is -0.395 e. The molecule has 1 amide bonds. The van der Waals surface area contributed by atoms with Crippen LogP contribution in [0.5, 0.6) is 0 Å². The van der Waals surface area contributed by atoms with Crippen LogP contribution < -0.4 is 11.3 Å². The number of hydrazine groups is 1. The Morgan fingerprint density at radius 1 is 1.58 bits per heavy atom. The predicted octanol–water partition coefficient (Wildman–Crippen LogP) is 0.261. The third-order valence-corrected chi connectivity index (χ3v) is 3.13. The molecule has 0 unspecified atom stereocenters. The molecule has 0 aliphatic heterocycles. The van der Waals surface area contributed by atoms with Crippen molar-refractivity contribution in [3.8, 4) is 0 Å². The Morgan fingerprint density at radius 2 is 2.26 bits per heavy atom. The van der Waals surface area contributed by atoms with Gasteiger partial charge in [-0.2, -0.15) is 0 Å². The molecule has 1 aromatic heterocycles. The van der Waals surface area contributed by atoms with Gasteiger partial charge >= 0.3 is 0 Å². The predicted molar refractivity (Wildman–Crippen MR) is 70.0 cm³/mol. The number of nitrogen functional groups attached to an aromatic ring is 1. The van der Waals surface area contributed by atoms with Crippen molar-refractivity contribution in [2.24, 2.45) is 5.84 Å². The Morgan fingerprint density at radius 3 is 2.79 bits per heavy atom. The zero-order valence-corrected chi connectivity index (χ0v) is 11.4. The lowest BCUT2D eigenvalue weighted by Gasteiger charge is -2.28. The largest absolute Gasteiger partial charge is 0.395 e. The molecule has 0 fully saturated rings. The van der Waals surface area contributed by atoms with Crippen LogP contribution in [0.15, 0.2) is 10.6 Å². The van der Waals surface area contributed by atoms with Crippen LogP contribution in [0.1, 0.15) is 42.9 Å². The molecule has 0 saturated heterocycles. The van der Waals surface area contributed by atoms with E-state index >= 15 is 0 Å². The van der Waals surface area contributed by atoms with Crippen LogP contribution in [0.3, 0.4) is 0 Å². The van der Waals surface area contributed by atoms with Gasteiger partial charge in [0.1, 0.15) is 0 Å². The molecule has 0 aliphatic carbocycles. The van der Waals surface area contributed by atoms with Crippen molar-refractivity contribution >= 4 is 5.91 Å². The normalized spacial score (nSPS) is 11.3. The van der Waals surface area contributed by atoms with Crippen LogP contribution in [-0.2, 0) is 6.54 Å². The van der Waals surface area contributed by atoms with Gasteiger partial charge < -0.3 is 9.63 Å². The zero-order valence-electron chi connectivity index (χ0n) is 11.4. The van der Waals surface area contributed by atoms with Gasteiger partial charge in [-0.3, -0.25) is 15.1 Å². The van der Waals surface area contributed by atoms with E-state index in [0.29, 0.717) is 24.9 Å². The summed E-state index contributed by atoms with van der Waals surface area (Å²) in [6.07, 6.45) is 1.97. The number of carbonyl (C=O) groups is 1. The number of rotatable bonds is 8. The molecule has 0 aromatic carbocycles. The highest BCUT2D eigenvalue weighted by Crippen LogP contribution is 2.14. The van der Waals surface area contributed by atoms with Crippen molar-refractivity contribution in [1.82, 2.24) is 15.5 Å². The van der Waals surface area contributed by atoms with Crippen LogP contribution in [0.4, 0.5) is 0 Å². The van der Waals surface area contributed by atoms with Crippen molar-refractivity contribution in [1.29, 1.82) is 0 Å². The monoisotopic (exact) mass is 270 g/mol. The summed E-state index contributed by atoms with van der Waals surface area (Å²) >= 11 is 0. The van der Waals surface area contributed by atoms with Crippen LogP contribution >= 0.6 is 0 Å². The fraction of sp³-hybridized carbons (Fsp3) is 0.667. The fourth-order valence-corrected chi connectivity index (χ4v) is 2.09. The number of amides is 1. The Balaban J connectivity index is 2.73. The average molecular weight is 270 g/mol. The molecule has 7 nitrogen and oxygen atoms in total. The summed E-state index contributed by atoms with van der Waals surface area (Å²) in [6, 6.07) is 1.93. The number of hydrogen-bond acceptors (Lipinski definition) is 6. The molecule has 4 N–H and O–H groups in total. The first-order valence-electron chi connectivity index (χ1n) is 6.47. The van der Waals surface area contributed by atoms with Crippen LogP contribution in [0.2, 0.25) is 0 Å². The molecule has 0 radical (unpaired) electrons. The zero-order chi connectivity index (χ0) is 14.3. The molecule has 0 spiro atoms. The molecule has 0 bridgehead atoms. The third kappa shape index (κ3) is 4.30. The van der Waals surface area contributed by atoms with Gasteiger partial charge in [0, 0.05) is 18.7 Å². The van der Waals surface area contributed by atoms with Gasteiger partial charge in [-0.25, -0.2) is 5.84 Å². The van der Waals surface area contributed by atoms with Gasteiger partial charge in [0.2, 0.25) is 0 Å². The molecular formula is C12H22N4O3. The molecule has 7 heteroatoms. The van der Waals surface area contributed by atoms with Crippen molar-refractivity contribution in [2.75, 3.05) is 13.2 Å². The van der Waals surface area contributed by atoms with Crippen LogP contribution in [0.25, 0.3) is 0 Å². The van der Waals surface area contributed by atoms with Gasteiger partial charge in [0.25, 0.3) is 5.91 Å². The summed E-state index contributed by atoms with van der Waals surface area (Å²) in [6.45, 7) is 5.36. The lowest BCUT2D eigenvalue weighted by atomic mass is 10.1. The second-order valence-electron chi connectivity index (χ2n) is 4.32. The topological polar surface area (TPSA) is 105 Å². The summed E-state index contributed by atoms with van der Waals surface area (Å²) in [5, 5.41) is 12.8. The van der Waals surface area contributed by atoms with Crippen molar-refractivity contribution < 1.29 is 14.4 Å². The summed E-state index contributed by atoms with van der Waals surface area (Å²) in [5.41, 5.74) is 2.16. The Bertz CT molecular complexity index is 390. The van der Waals surface area contributed by atoms with Gasteiger partial charge in [-0.1, -0.05) is 19.0 Å². The number of nitrogens with two attached hydrogens (primary N) is 1. The van der Waals surface area contributed by atoms with Crippen molar-refractivity contribution in [2.45, 2.75) is 39.3 Å². The highest BCUT2D eigenvalue weighted by molar-refractivity contribution is 5.91. The van der Waals surface area contributed by atoms with Crippen LogP contribution in [-0.4, -0.2) is 40.3 Å². The van der Waals surface area contributed by atoms with E-state index in [-0.39, 0.29) is 12.3 Å². The maximum Gasteiger partial charge on any atom is 0.287 e. The molecule has 19 heavy (non-hydrogen) atoms. The number of aromatic nitrogens is 1. The van der Waals surface area contributed by atoms with Crippen molar-refractivity contribution in [3.63, 3.8) is 0 Å². The number of aliphatic hydroxyl groups is 1. The molecule has 0 aliphatic rings. The van der Waals surface area contributed by atoms with Crippen molar-refractivity contribution in [3.05, 3.63) is 17.5 Å². The summed E-state index contributed by atoms with van der Waals surface area (Å²) < 4.78 is 5.11. The number of carbonyl (C=O) groups excluding carboxylic acids is 1. The fourth-order valence-electron chi connectivity index (χ4n) is 2.09. The summed E-state index contributed by atoms with van der Waals surface area (Å²) in [7, 11) is 0. The van der Waals surface area contributed by atoms with Crippen LogP contribution in [0, 0.1) is 0 Å². The minimum absolute atomic E-state index is 0.0841. The molecule has 1 heterocycles. The number of aliphatic hydroxyl groups excluding tert-OH is 1. The third-order valence-electron chi connectivity index (χ3n) is 3.13. The maximum atomic E-state index is 11.3. The van der Waals surface area contributed by atoms with E-state index in [4.69, 9.17) is 15.5 Å². The van der Waals surface area contributed by atoms with E-state index in [2.05, 4.69) is 23.9 Å². The smallest absolute Gasteiger partial charge is 0.287 e. The van der Waals surface area contributed by atoms with Gasteiger partial charge in [-0.05, 0) is 12.8 Å². The first kappa shape index (κ1) is 15.6. The number of hydrogen-bond donors (Lipinski definition) is 3. The lowest BCUT2D eigenvalue weighted by molar-refractivity contribution is 0.0944. The highest BCUT2D eigenvalue weighted by Gasteiger charge is 2.18. The summed E-state index contributed by atoms with van der Waals surface area (Å²) in [4.78, 5) is 13.4. The van der Waals surface area contributed by atoms with E-state index in [1.165, 1.54) is 0 Å². The average Bonchev–Trinajstić information content (AvgIpc) is 2.88. The van der Waals surface area contributed by atoms with Gasteiger partial charge in [-0.15, -0.1) is 0 Å². The Labute approximate surface area is 112 Å². The maximum absolute atomic E-state index is 11.3. The molecule has 1 rings (SSSR count). The molecule has 0 atom stereocenters. The molecular weight excluding hydrogens is 248 g/mol. The van der Waals surface area contributed by atoms with E-state index in [0.717, 1.165) is 12.8 Å². The van der Waals surface area contributed by atoms with Gasteiger partial charge in [0.15, 0.2) is 11.5 Å². The minimum atomic E-state index is -0.480. The Kier molecular flexibility index (Phi) is 6.48. The second kappa shape index (κ2) is 7.88. The molecule has 1 aromatic rings. The lowest BCUT2D eigenvalue weighted by Crippen LogP contribution is -2.36. The Hall–Kier alpha value is -1.44. The number of nitrogens with one attached hydrogen (secondary N) is 1. The second-order valence-corrected chi connectivity index (χ2v) is 4.32. The standard InChI is InChI=1S/C12H22N4O3/c1-3-9(4-2)16(5-6-17)8-10-7-11(15-19-10)12(18)14-13/h7,9,17H,3-6,8,13H2,1-2H3,(H,14,18). The SMILES string of the molecule is CCC(CC)N(CCO)Cc1cc(C(=O)NN)no1. The first-order chi connectivity index (χ1) is 9.15. The summed E-state index contributed by atoms with van der Waals surface area (Å²) in [5.74, 6) is 5.13. The van der Waals surface area contributed by atoms with E-state index in [9.17, 15) is 4.79 Å². The quantitative estimate of drug-likeness (QED) is 0.355. The van der Waals surface area contributed by atoms with Gasteiger partial charge in [0.05, 0.1) is 13.2 Å². The van der Waals surface area contributed by atoms with E-state index < -0.39 is 5.91 Å². The van der Waals surface area contributed by atoms with E-state index in [1.54, 1.807) is 6.07 Å². The number of nitrogens with zero attached hydrogens (tertiary/aromatic N) is 2. The van der Waals surface area contributed by atoms with E-state index in [1.807, 2.05) is 5.43 Å². The first-order valence-corrected chi connectivity index (χ1v) is 6.47. The molecule has 0 saturated carbocycles.